The van der Waals surface area contributed by atoms with Crippen molar-refractivity contribution in [3.05, 3.63) is 77.1 Å². The van der Waals surface area contributed by atoms with Gasteiger partial charge in [0.05, 0.1) is 28.7 Å². The van der Waals surface area contributed by atoms with E-state index in [1.807, 2.05) is 36.4 Å². The van der Waals surface area contributed by atoms with Crippen LogP contribution in [0.4, 0.5) is 5.69 Å². The van der Waals surface area contributed by atoms with Crippen molar-refractivity contribution >= 4 is 17.6 Å². The largest absolute Gasteiger partial charge is 0.452 e. The molecule has 0 unspecified atom stereocenters. The molecule has 0 saturated carbocycles. The first-order valence-corrected chi connectivity index (χ1v) is 8.58. The lowest BCUT2D eigenvalue weighted by Gasteiger charge is -2.07. The maximum atomic E-state index is 12.5. The number of hydrogen-bond donors (Lipinski definition) is 1. The fourth-order valence-corrected chi connectivity index (χ4v) is 2.79. The zero-order valence-corrected chi connectivity index (χ0v) is 15.5. The lowest BCUT2D eigenvalue weighted by molar-refractivity contribution is -0.119. The summed E-state index contributed by atoms with van der Waals surface area (Å²) in [5.41, 5.74) is 3.35. The van der Waals surface area contributed by atoms with Crippen molar-refractivity contribution in [3.63, 3.8) is 0 Å². The topological polar surface area (TPSA) is 97.0 Å². The van der Waals surface area contributed by atoms with E-state index in [4.69, 9.17) is 10.00 Å². The molecule has 1 amide bonds. The number of benzene rings is 2. The van der Waals surface area contributed by atoms with E-state index in [1.165, 1.54) is 0 Å². The number of hydrogen-bond acceptors (Lipinski definition) is 5. The summed E-state index contributed by atoms with van der Waals surface area (Å²) in [7, 11) is 0. The monoisotopic (exact) mass is 374 g/mol. The molecule has 3 aromatic rings. The number of carbonyl (C=O) groups is 2. The van der Waals surface area contributed by atoms with Gasteiger partial charge in [-0.25, -0.2) is 9.48 Å². The van der Waals surface area contributed by atoms with Crippen LogP contribution >= 0.6 is 0 Å². The standard InChI is InChI=1S/C21H18N4O3/c1-14-20(15(2)25(24-14)18-6-4-3-5-7-18)21(27)28-13-19(26)23-17-10-8-16(12-22)9-11-17/h3-11H,13H2,1-2H3,(H,23,26). The Balaban J connectivity index is 1.65. The van der Waals surface area contributed by atoms with Crippen LogP contribution in [0.1, 0.15) is 27.3 Å². The maximum Gasteiger partial charge on any atom is 0.342 e. The summed E-state index contributed by atoms with van der Waals surface area (Å²) >= 11 is 0. The van der Waals surface area contributed by atoms with Gasteiger partial charge in [-0.2, -0.15) is 10.4 Å². The molecular weight excluding hydrogens is 356 g/mol. The van der Waals surface area contributed by atoms with Crippen LogP contribution in [-0.2, 0) is 9.53 Å². The minimum absolute atomic E-state index is 0.343. The number of esters is 1. The highest BCUT2D eigenvalue weighted by Crippen LogP contribution is 2.18. The number of nitrogens with one attached hydrogen (secondary N) is 1. The van der Waals surface area contributed by atoms with Crippen molar-refractivity contribution in [1.82, 2.24) is 9.78 Å². The molecule has 0 bridgehead atoms. The smallest absolute Gasteiger partial charge is 0.342 e. The number of aryl methyl sites for hydroxylation is 1. The quantitative estimate of drug-likeness (QED) is 0.692. The number of amides is 1. The van der Waals surface area contributed by atoms with Crippen molar-refractivity contribution in [1.29, 1.82) is 5.26 Å². The summed E-state index contributed by atoms with van der Waals surface area (Å²) in [4.78, 5) is 24.5. The van der Waals surface area contributed by atoms with Crippen LogP contribution < -0.4 is 5.32 Å². The number of nitriles is 1. The molecule has 7 heteroatoms. The van der Waals surface area contributed by atoms with Gasteiger partial charge in [-0.15, -0.1) is 0 Å². The van der Waals surface area contributed by atoms with Gasteiger partial charge in [-0.05, 0) is 50.2 Å². The van der Waals surface area contributed by atoms with E-state index >= 15 is 0 Å². The molecule has 1 heterocycles. The van der Waals surface area contributed by atoms with Crippen molar-refractivity contribution in [2.45, 2.75) is 13.8 Å². The first-order valence-electron chi connectivity index (χ1n) is 8.58. The molecule has 1 N–H and O–H groups in total. The molecule has 0 radical (unpaired) electrons. The molecule has 0 atom stereocenters. The van der Waals surface area contributed by atoms with E-state index in [2.05, 4.69) is 10.4 Å². The second kappa shape index (κ2) is 8.18. The minimum atomic E-state index is -0.604. The molecule has 3 rings (SSSR count). The number of aromatic nitrogens is 2. The average molecular weight is 374 g/mol. The number of anilines is 1. The third-order valence-corrected chi connectivity index (χ3v) is 4.13. The summed E-state index contributed by atoms with van der Waals surface area (Å²) in [6.07, 6.45) is 0. The van der Waals surface area contributed by atoms with Gasteiger partial charge in [0.25, 0.3) is 5.91 Å². The Morgan fingerprint density at radius 1 is 1.11 bits per heavy atom. The van der Waals surface area contributed by atoms with Gasteiger partial charge in [0, 0.05) is 5.69 Å². The van der Waals surface area contributed by atoms with E-state index in [0.29, 0.717) is 28.2 Å². The molecule has 0 aliphatic heterocycles. The van der Waals surface area contributed by atoms with Crippen molar-refractivity contribution < 1.29 is 14.3 Å². The van der Waals surface area contributed by atoms with Gasteiger partial charge in [-0.3, -0.25) is 4.79 Å². The first kappa shape index (κ1) is 18.9. The van der Waals surface area contributed by atoms with E-state index in [1.54, 1.807) is 42.8 Å². The molecule has 0 aliphatic carbocycles. The molecule has 0 spiro atoms. The summed E-state index contributed by atoms with van der Waals surface area (Å²) in [5.74, 6) is -1.07. The van der Waals surface area contributed by atoms with Crippen LogP contribution in [0.15, 0.2) is 54.6 Å². The highest BCUT2D eigenvalue weighted by Gasteiger charge is 2.21. The SMILES string of the molecule is Cc1nn(-c2ccccc2)c(C)c1C(=O)OCC(=O)Nc1ccc(C#N)cc1. The van der Waals surface area contributed by atoms with Crippen molar-refractivity contribution in [2.75, 3.05) is 11.9 Å². The molecule has 0 saturated heterocycles. The second-order valence-corrected chi connectivity index (χ2v) is 6.11. The number of para-hydroxylation sites is 1. The molecule has 7 nitrogen and oxygen atoms in total. The van der Waals surface area contributed by atoms with Gasteiger partial charge >= 0.3 is 5.97 Å². The predicted molar refractivity (Wildman–Crippen MR) is 103 cm³/mol. The minimum Gasteiger partial charge on any atom is -0.452 e. The third-order valence-electron chi connectivity index (χ3n) is 4.13. The Labute approximate surface area is 162 Å². The number of carbonyl (C=O) groups excluding carboxylic acids is 2. The molecular formula is C21H18N4O3. The lowest BCUT2D eigenvalue weighted by Crippen LogP contribution is -2.21. The Bertz CT molecular complexity index is 1050. The van der Waals surface area contributed by atoms with Crippen molar-refractivity contribution in [2.24, 2.45) is 0 Å². The van der Waals surface area contributed by atoms with Crippen LogP contribution in [0.2, 0.25) is 0 Å². The average Bonchev–Trinajstić information content (AvgIpc) is 3.01. The van der Waals surface area contributed by atoms with Crippen LogP contribution in [0.3, 0.4) is 0 Å². The first-order chi connectivity index (χ1) is 13.5. The Morgan fingerprint density at radius 3 is 2.43 bits per heavy atom. The van der Waals surface area contributed by atoms with E-state index in [9.17, 15) is 9.59 Å². The molecule has 140 valence electrons. The van der Waals surface area contributed by atoms with Crippen LogP contribution in [0, 0.1) is 25.2 Å². The van der Waals surface area contributed by atoms with Gasteiger partial charge < -0.3 is 10.1 Å². The fraction of sp³-hybridized carbons (Fsp3) is 0.143. The summed E-state index contributed by atoms with van der Waals surface area (Å²) in [6, 6.07) is 17.8. The van der Waals surface area contributed by atoms with Gasteiger partial charge in [-0.1, -0.05) is 18.2 Å². The highest BCUT2D eigenvalue weighted by atomic mass is 16.5. The third kappa shape index (κ3) is 4.07. The normalized spacial score (nSPS) is 10.2. The summed E-state index contributed by atoms with van der Waals surface area (Å²) < 4.78 is 6.83. The Morgan fingerprint density at radius 2 is 1.79 bits per heavy atom. The van der Waals surface area contributed by atoms with Gasteiger partial charge in [0.2, 0.25) is 0 Å². The molecule has 0 aliphatic rings. The lowest BCUT2D eigenvalue weighted by atomic mass is 10.2. The molecule has 28 heavy (non-hydrogen) atoms. The van der Waals surface area contributed by atoms with Crippen LogP contribution in [-0.4, -0.2) is 28.3 Å². The Hall–Kier alpha value is -3.92. The second-order valence-electron chi connectivity index (χ2n) is 6.11. The number of nitrogens with zero attached hydrogens (tertiary/aromatic N) is 3. The summed E-state index contributed by atoms with van der Waals surface area (Å²) in [6.45, 7) is 3.08. The molecule has 0 fully saturated rings. The highest BCUT2D eigenvalue weighted by molar-refractivity contribution is 5.96. The van der Waals surface area contributed by atoms with Crippen molar-refractivity contribution in [3.8, 4) is 11.8 Å². The van der Waals surface area contributed by atoms with E-state index < -0.39 is 18.5 Å². The summed E-state index contributed by atoms with van der Waals surface area (Å²) in [5, 5.41) is 15.8. The zero-order chi connectivity index (χ0) is 20.1. The Kier molecular flexibility index (Phi) is 5.51. The predicted octanol–water partition coefficient (Wildman–Crippen LogP) is 3.16. The van der Waals surface area contributed by atoms with Crippen LogP contribution in [0.25, 0.3) is 5.69 Å². The van der Waals surface area contributed by atoms with Gasteiger partial charge in [0.1, 0.15) is 5.56 Å². The van der Waals surface area contributed by atoms with E-state index in [0.717, 1.165) is 5.69 Å². The zero-order valence-electron chi connectivity index (χ0n) is 15.5. The van der Waals surface area contributed by atoms with E-state index in [-0.39, 0.29) is 0 Å². The maximum absolute atomic E-state index is 12.5. The van der Waals surface area contributed by atoms with Gasteiger partial charge in [0.15, 0.2) is 6.61 Å². The fourth-order valence-electron chi connectivity index (χ4n) is 2.79. The molecule has 1 aromatic heterocycles. The number of ether oxygens (including phenoxy) is 1. The molecule has 2 aromatic carbocycles. The van der Waals surface area contributed by atoms with Crippen LogP contribution in [0.5, 0.6) is 0 Å². The number of rotatable bonds is 5.